The van der Waals surface area contributed by atoms with E-state index in [4.69, 9.17) is 18.9 Å². The topological polar surface area (TPSA) is 57.2 Å². The maximum Gasteiger partial charge on any atom is 0.184 e. The largest absolute Gasteiger partial charge is 0.374 e. The maximum atomic E-state index is 10.5. The van der Waals surface area contributed by atoms with Crippen LogP contribution in [-0.2, 0) is 38.8 Å². The predicted octanol–water partition coefficient (Wildman–Crippen LogP) is 4.09. The van der Waals surface area contributed by atoms with Crippen LogP contribution in [0.4, 0.5) is 0 Å². The van der Waals surface area contributed by atoms with Crippen molar-refractivity contribution in [2.45, 2.75) is 44.4 Å². The molecule has 0 aliphatic carbocycles. The van der Waals surface area contributed by atoms with Gasteiger partial charge in [0.2, 0.25) is 0 Å². The number of benzene rings is 3. The summed E-state index contributed by atoms with van der Waals surface area (Å²) in [6, 6.07) is 29.8. The summed E-state index contributed by atoms with van der Waals surface area (Å²) in [5, 5.41) is 10.5. The molecule has 1 aliphatic heterocycles. The highest BCUT2D eigenvalue weighted by Crippen LogP contribution is 2.28. The number of aliphatic hydroxyl groups excluding tert-OH is 1. The van der Waals surface area contributed by atoms with Crippen LogP contribution >= 0.6 is 0 Å². The normalized spacial score (nSPS) is 23.1. The first-order chi connectivity index (χ1) is 15.3. The van der Waals surface area contributed by atoms with E-state index in [2.05, 4.69) is 0 Å². The van der Waals surface area contributed by atoms with Gasteiger partial charge in [-0.2, -0.15) is 0 Å². The van der Waals surface area contributed by atoms with Gasteiger partial charge in [0.25, 0.3) is 0 Å². The Labute approximate surface area is 183 Å². The molecular formula is C26H28O5. The van der Waals surface area contributed by atoms with Crippen LogP contribution < -0.4 is 0 Å². The average Bonchev–Trinajstić information content (AvgIpc) is 3.12. The molecule has 0 amide bonds. The van der Waals surface area contributed by atoms with Gasteiger partial charge in [-0.05, 0) is 16.7 Å². The summed E-state index contributed by atoms with van der Waals surface area (Å²) in [5.74, 6) is 0. The molecule has 5 nitrogen and oxygen atoms in total. The highest BCUT2D eigenvalue weighted by Gasteiger charge is 2.45. The molecule has 1 saturated heterocycles. The maximum absolute atomic E-state index is 10.5. The molecule has 3 aromatic rings. The van der Waals surface area contributed by atoms with Crippen LogP contribution in [-0.4, -0.2) is 36.3 Å². The van der Waals surface area contributed by atoms with E-state index in [1.807, 2.05) is 91.0 Å². The molecule has 4 atom stereocenters. The molecular weight excluding hydrogens is 392 g/mol. The van der Waals surface area contributed by atoms with Crippen molar-refractivity contribution < 1.29 is 24.1 Å². The average molecular weight is 421 g/mol. The summed E-state index contributed by atoms with van der Waals surface area (Å²) in [5.41, 5.74) is 3.16. The zero-order valence-electron chi connectivity index (χ0n) is 17.4. The molecule has 3 unspecified atom stereocenters. The van der Waals surface area contributed by atoms with Crippen LogP contribution in [0.3, 0.4) is 0 Å². The van der Waals surface area contributed by atoms with Gasteiger partial charge < -0.3 is 24.1 Å². The number of aliphatic hydroxyl groups is 1. The van der Waals surface area contributed by atoms with E-state index in [0.29, 0.717) is 26.4 Å². The molecule has 0 bridgehead atoms. The van der Waals surface area contributed by atoms with E-state index >= 15 is 0 Å². The van der Waals surface area contributed by atoms with E-state index in [0.717, 1.165) is 16.7 Å². The second kappa shape index (κ2) is 11.2. The van der Waals surface area contributed by atoms with Crippen LogP contribution in [0.1, 0.15) is 16.7 Å². The Kier molecular flexibility index (Phi) is 7.82. The van der Waals surface area contributed by atoms with Crippen molar-refractivity contribution in [3.05, 3.63) is 108 Å². The predicted molar refractivity (Wildman–Crippen MR) is 117 cm³/mol. The molecule has 1 heterocycles. The zero-order valence-corrected chi connectivity index (χ0v) is 17.4. The minimum Gasteiger partial charge on any atom is -0.374 e. The van der Waals surface area contributed by atoms with Crippen molar-refractivity contribution in [2.75, 3.05) is 6.61 Å². The van der Waals surface area contributed by atoms with Gasteiger partial charge in [-0.3, -0.25) is 0 Å². The molecule has 0 spiro atoms. The Morgan fingerprint density at radius 2 is 1.06 bits per heavy atom. The number of hydrogen-bond acceptors (Lipinski definition) is 5. The third kappa shape index (κ3) is 6.23. The van der Waals surface area contributed by atoms with Gasteiger partial charge in [0.15, 0.2) is 6.29 Å². The number of rotatable bonds is 10. The minimum absolute atomic E-state index is 0.302. The van der Waals surface area contributed by atoms with E-state index in [-0.39, 0.29) is 0 Å². The van der Waals surface area contributed by atoms with E-state index in [9.17, 15) is 5.11 Å². The molecule has 1 N–H and O–H groups in total. The molecule has 0 aromatic heterocycles. The first kappa shape index (κ1) is 21.7. The highest BCUT2D eigenvalue weighted by molar-refractivity contribution is 5.15. The fourth-order valence-corrected chi connectivity index (χ4v) is 3.62. The van der Waals surface area contributed by atoms with Gasteiger partial charge in [-0.1, -0.05) is 91.0 Å². The summed E-state index contributed by atoms with van der Waals surface area (Å²) in [6.07, 6.45) is -2.55. The second-order valence-corrected chi connectivity index (χ2v) is 7.59. The Morgan fingerprint density at radius 3 is 1.58 bits per heavy atom. The Bertz CT molecular complexity index is 887. The van der Waals surface area contributed by atoms with Gasteiger partial charge in [0, 0.05) is 0 Å². The molecule has 0 saturated carbocycles. The SMILES string of the molecule is OC1O[C@H](COCc2ccccc2)C(OCc2ccccc2)C1OCc1ccccc1. The third-order valence-corrected chi connectivity index (χ3v) is 5.25. The first-order valence-electron chi connectivity index (χ1n) is 10.6. The number of hydrogen-bond donors (Lipinski definition) is 1. The lowest BCUT2D eigenvalue weighted by molar-refractivity contribution is -0.153. The molecule has 162 valence electrons. The van der Waals surface area contributed by atoms with Crippen LogP contribution in [0.25, 0.3) is 0 Å². The van der Waals surface area contributed by atoms with E-state index < -0.39 is 24.6 Å². The van der Waals surface area contributed by atoms with Gasteiger partial charge in [0.05, 0.1) is 26.4 Å². The Balaban J connectivity index is 1.39. The van der Waals surface area contributed by atoms with Gasteiger partial charge in [0.1, 0.15) is 18.3 Å². The first-order valence-corrected chi connectivity index (χ1v) is 10.6. The Morgan fingerprint density at radius 1 is 0.613 bits per heavy atom. The summed E-state index contributed by atoms with van der Waals surface area (Å²) in [4.78, 5) is 0. The monoisotopic (exact) mass is 420 g/mol. The Hall–Kier alpha value is -2.54. The summed E-state index contributed by atoms with van der Waals surface area (Å²) in [7, 11) is 0. The summed E-state index contributed by atoms with van der Waals surface area (Å²) in [6.45, 7) is 1.55. The van der Waals surface area contributed by atoms with E-state index in [1.54, 1.807) is 0 Å². The molecule has 3 aromatic carbocycles. The van der Waals surface area contributed by atoms with Crippen molar-refractivity contribution >= 4 is 0 Å². The second-order valence-electron chi connectivity index (χ2n) is 7.59. The summed E-state index contributed by atoms with van der Waals surface area (Å²) >= 11 is 0. The lowest BCUT2D eigenvalue weighted by Crippen LogP contribution is -2.39. The van der Waals surface area contributed by atoms with Crippen molar-refractivity contribution in [2.24, 2.45) is 0 Å². The minimum atomic E-state index is -1.07. The fraction of sp³-hybridized carbons (Fsp3) is 0.308. The van der Waals surface area contributed by atoms with Gasteiger partial charge >= 0.3 is 0 Å². The lowest BCUT2D eigenvalue weighted by Gasteiger charge is -2.24. The molecule has 1 aliphatic rings. The van der Waals surface area contributed by atoms with Crippen LogP contribution in [0.5, 0.6) is 0 Å². The molecule has 31 heavy (non-hydrogen) atoms. The summed E-state index contributed by atoms with van der Waals surface area (Å²) < 4.78 is 23.9. The molecule has 0 radical (unpaired) electrons. The van der Waals surface area contributed by atoms with Crippen molar-refractivity contribution in [3.63, 3.8) is 0 Å². The smallest absolute Gasteiger partial charge is 0.184 e. The van der Waals surface area contributed by atoms with Crippen LogP contribution in [0.2, 0.25) is 0 Å². The molecule has 1 fully saturated rings. The van der Waals surface area contributed by atoms with Crippen molar-refractivity contribution in [3.8, 4) is 0 Å². The van der Waals surface area contributed by atoms with Gasteiger partial charge in [-0.25, -0.2) is 0 Å². The highest BCUT2D eigenvalue weighted by atomic mass is 16.7. The van der Waals surface area contributed by atoms with Gasteiger partial charge in [-0.15, -0.1) is 0 Å². The fourth-order valence-electron chi connectivity index (χ4n) is 3.62. The number of ether oxygens (including phenoxy) is 4. The van der Waals surface area contributed by atoms with Crippen molar-refractivity contribution in [1.29, 1.82) is 0 Å². The van der Waals surface area contributed by atoms with Crippen molar-refractivity contribution in [1.82, 2.24) is 0 Å². The lowest BCUT2D eigenvalue weighted by atomic mass is 10.1. The van der Waals surface area contributed by atoms with Crippen LogP contribution in [0.15, 0.2) is 91.0 Å². The van der Waals surface area contributed by atoms with E-state index in [1.165, 1.54) is 0 Å². The standard InChI is InChI=1S/C26H28O5/c27-26-25(30-18-22-14-8-3-9-15-22)24(29-17-21-12-6-2-7-13-21)23(31-26)19-28-16-20-10-4-1-5-11-20/h1-15,23-27H,16-19H2/t23-,24?,25?,26?/m1/s1. The molecule has 4 rings (SSSR count). The third-order valence-electron chi connectivity index (χ3n) is 5.25. The molecule has 5 heteroatoms. The van der Waals surface area contributed by atoms with Crippen LogP contribution in [0, 0.1) is 0 Å². The zero-order chi connectivity index (χ0) is 21.3. The quantitative estimate of drug-likeness (QED) is 0.535.